The Morgan fingerprint density at radius 3 is 3.04 bits per heavy atom. The first-order chi connectivity index (χ1) is 12.9. The van der Waals surface area contributed by atoms with E-state index in [1.807, 2.05) is 23.1 Å². The third-order valence-electron chi connectivity index (χ3n) is 4.99. The van der Waals surface area contributed by atoms with Gasteiger partial charge in [-0.3, -0.25) is 0 Å². The maximum atomic E-state index is 5.83. The van der Waals surface area contributed by atoms with Crippen LogP contribution in [0.15, 0.2) is 48.8 Å². The highest BCUT2D eigenvalue weighted by Gasteiger charge is 2.18. The zero-order valence-corrected chi connectivity index (χ0v) is 14.5. The number of hydrogen-bond donors (Lipinski definition) is 2. The number of benzene rings is 1. The number of fused-ring (bicyclic) bond motifs is 2. The predicted molar refractivity (Wildman–Crippen MR) is 101 cm³/mol. The third kappa shape index (κ3) is 2.82. The van der Waals surface area contributed by atoms with Crippen LogP contribution in [-0.2, 0) is 11.3 Å². The molecule has 0 bridgehead atoms. The maximum absolute atomic E-state index is 5.83. The summed E-state index contributed by atoms with van der Waals surface area (Å²) in [4.78, 5) is 4.43. The second-order valence-electron chi connectivity index (χ2n) is 6.75. The second kappa shape index (κ2) is 6.46. The van der Waals surface area contributed by atoms with Crippen LogP contribution in [0.25, 0.3) is 11.3 Å². The Morgan fingerprint density at radius 2 is 2.12 bits per heavy atom. The number of nitrogens with zero attached hydrogens (tertiary/aromatic N) is 3. The Hall–Kier alpha value is -2.86. The first kappa shape index (κ1) is 15.4. The van der Waals surface area contributed by atoms with E-state index in [9.17, 15) is 0 Å². The molecule has 2 N–H and O–H groups in total. The van der Waals surface area contributed by atoms with Gasteiger partial charge < -0.3 is 15.4 Å². The van der Waals surface area contributed by atoms with Crippen molar-refractivity contribution in [3.05, 3.63) is 54.4 Å². The van der Waals surface area contributed by atoms with Gasteiger partial charge in [0.05, 0.1) is 17.1 Å². The number of pyridine rings is 1. The van der Waals surface area contributed by atoms with Crippen molar-refractivity contribution >= 4 is 17.2 Å². The van der Waals surface area contributed by atoms with Gasteiger partial charge in [-0.25, -0.2) is 9.67 Å². The lowest BCUT2D eigenvalue weighted by Gasteiger charge is -2.22. The molecule has 132 valence electrons. The summed E-state index contributed by atoms with van der Waals surface area (Å²) >= 11 is 0. The van der Waals surface area contributed by atoms with Gasteiger partial charge in [0, 0.05) is 36.7 Å². The molecule has 0 spiro atoms. The van der Waals surface area contributed by atoms with E-state index >= 15 is 0 Å². The zero-order chi connectivity index (χ0) is 17.3. The molecule has 3 aromatic rings. The molecule has 6 nitrogen and oxygen atoms in total. The molecule has 26 heavy (non-hydrogen) atoms. The SMILES string of the molecule is c1cnc2c(c1)CNc1cc(-c3ccn(C4CCCCO4)n3)ccc1N2. The van der Waals surface area contributed by atoms with E-state index in [0.717, 1.165) is 60.0 Å². The lowest BCUT2D eigenvalue weighted by Crippen LogP contribution is -2.18. The van der Waals surface area contributed by atoms with Gasteiger partial charge in [-0.1, -0.05) is 12.1 Å². The summed E-state index contributed by atoms with van der Waals surface area (Å²) in [6, 6.07) is 12.4. The highest BCUT2D eigenvalue weighted by molar-refractivity contribution is 5.81. The molecule has 1 atom stereocenters. The van der Waals surface area contributed by atoms with Gasteiger partial charge >= 0.3 is 0 Å². The van der Waals surface area contributed by atoms with Crippen LogP contribution < -0.4 is 10.6 Å². The van der Waals surface area contributed by atoms with Crippen LogP contribution in [-0.4, -0.2) is 21.4 Å². The van der Waals surface area contributed by atoms with Crippen molar-refractivity contribution in [3.8, 4) is 11.3 Å². The Balaban J connectivity index is 1.42. The third-order valence-corrected chi connectivity index (χ3v) is 4.99. The van der Waals surface area contributed by atoms with Crippen molar-refractivity contribution in [3.63, 3.8) is 0 Å². The van der Waals surface area contributed by atoms with Crippen molar-refractivity contribution in [1.29, 1.82) is 0 Å². The first-order valence-corrected chi connectivity index (χ1v) is 9.13. The van der Waals surface area contributed by atoms with Crippen LogP contribution in [0.2, 0.25) is 0 Å². The summed E-state index contributed by atoms with van der Waals surface area (Å²) < 4.78 is 7.78. The van der Waals surface area contributed by atoms with E-state index in [0.29, 0.717) is 0 Å². The zero-order valence-electron chi connectivity index (χ0n) is 14.5. The van der Waals surface area contributed by atoms with Crippen molar-refractivity contribution < 1.29 is 4.74 Å². The molecule has 1 aromatic carbocycles. The minimum atomic E-state index is 0.0682. The molecule has 0 aliphatic carbocycles. The molecule has 0 amide bonds. The van der Waals surface area contributed by atoms with Crippen LogP contribution in [0.5, 0.6) is 0 Å². The summed E-state index contributed by atoms with van der Waals surface area (Å²) in [5.74, 6) is 0.908. The first-order valence-electron chi connectivity index (χ1n) is 9.13. The van der Waals surface area contributed by atoms with Gasteiger partial charge in [-0.05, 0) is 43.5 Å². The van der Waals surface area contributed by atoms with Gasteiger partial charge in [-0.15, -0.1) is 0 Å². The van der Waals surface area contributed by atoms with Crippen LogP contribution in [0, 0.1) is 0 Å². The number of aromatic nitrogens is 3. The number of nitrogens with one attached hydrogen (secondary N) is 2. The molecule has 1 saturated heterocycles. The van der Waals surface area contributed by atoms with Crippen LogP contribution in [0.1, 0.15) is 31.1 Å². The van der Waals surface area contributed by atoms with Gasteiger partial charge in [0.1, 0.15) is 12.0 Å². The Kier molecular flexibility index (Phi) is 3.83. The Labute approximate surface area is 152 Å². The summed E-state index contributed by atoms with van der Waals surface area (Å²) in [7, 11) is 0. The molecule has 2 aliphatic heterocycles. The molecule has 2 aromatic heterocycles. The molecule has 2 aliphatic rings. The average molecular weight is 347 g/mol. The molecular weight excluding hydrogens is 326 g/mol. The molecule has 1 fully saturated rings. The number of rotatable bonds is 2. The lowest BCUT2D eigenvalue weighted by molar-refractivity contribution is -0.0393. The molecule has 5 rings (SSSR count). The molecule has 4 heterocycles. The van der Waals surface area contributed by atoms with Crippen molar-refractivity contribution in [2.45, 2.75) is 32.0 Å². The van der Waals surface area contributed by atoms with Gasteiger partial charge in [0.15, 0.2) is 0 Å². The topological polar surface area (TPSA) is 64.0 Å². The van der Waals surface area contributed by atoms with Crippen molar-refractivity contribution in [2.24, 2.45) is 0 Å². The molecule has 1 unspecified atom stereocenters. The molecule has 0 radical (unpaired) electrons. The quantitative estimate of drug-likeness (QED) is 0.723. The number of anilines is 3. The lowest BCUT2D eigenvalue weighted by atomic mass is 10.1. The van der Waals surface area contributed by atoms with Gasteiger partial charge in [0.25, 0.3) is 0 Å². The van der Waals surface area contributed by atoms with E-state index < -0.39 is 0 Å². The average Bonchev–Trinajstić information content (AvgIpc) is 3.11. The van der Waals surface area contributed by atoms with E-state index in [4.69, 9.17) is 9.84 Å². The molecular formula is C20H21N5O. The van der Waals surface area contributed by atoms with Crippen LogP contribution >= 0.6 is 0 Å². The summed E-state index contributed by atoms with van der Waals surface area (Å²) in [6.45, 7) is 1.57. The monoisotopic (exact) mass is 347 g/mol. The Bertz CT molecular complexity index is 929. The minimum absolute atomic E-state index is 0.0682. The summed E-state index contributed by atoms with van der Waals surface area (Å²) in [6.07, 6.45) is 7.27. The fraction of sp³-hybridized carbons (Fsp3) is 0.300. The highest BCUT2D eigenvalue weighted by Crippen LogP contribution is 2.34. The fourth-order valence-electron chi connectivity index (χ4n) is 3.56. The number of ether oxygens (including phenoxy) is 1. The standard InChI is InChI=1S/C20H21N5O/c1-2-11-26-19(5-1)25-10-8-16(24-25)14-6-7-17-18(12-14)22-13-15-4-3-9-21-20(15)23-17/h3-4,6-10,12,19,22H,1-2,5,11,13H2,(H,21,23). The maximum Gasteiger partial charge on any atom is 0.150 e. The second-order valence-corrected chi connectivity index (χ2v) is 6.75. The number of hydrogen-bond acceptors (Lipinski definition) is 5. The van der Waals surface area contributed by atoms with E-state index in [1.165, 1.54) is 6.42 Å². The Morgan fingerprint density at radius 1 is 1.12 bits per heavy atom. The predicted octanol–water partition coefficient (Wildman–Crippen LogP) is 4.31. The van der Waals surface area contributed by atoms with E-state index in [2.05, 4.69) is 45.9 Å². The molecule has 0 saturated carbocycles. The summed E-state index contributed by atoms with van der Waals surface area (Å²) in [5, 5.41) is 11.7. The summed E-state index contributed by atoms with van der Waals surface area (Å²) in [5.41, 5.74) is 5.30. The van der Waals surface area contributed by atoms with Gasteiger partial charge in [-0.2, -0.15) is 5.10 Å². The highest BCUT2D eigenvalue weighted by atomic mass is 16.5. The van der Waals surface area contributed by atoms with Crippen molar-refractivity contribution in [2.75, 3.05) is 17.2 Å². The normalized spacial score (nSPS) is 18.8. The smallest absolute Gasteiger partial charge is 0.150 e. The van der Waals surface area contributed by atoms with Crippen molar-refractivity contribution in [1.82, 2.24) is 14.8 Å². The largest absolute Gasteiger partial charge is 0.379 e. The van der Waals surface area contributed by atoms with E-state index in [1.54, 1.807) is 0 Å². The molecule has 6 heteroatoms. The van der Waals surface area contributed by atoms with E-state index in [-0.39, 0.29) is 6.23 Å². The minimum Gasteiger partial charge on any atom is -0.379 e. The fourth-order valence-corrected chi connectivity index (χ4v) is 3.56. The van der Waals surface area contributed by atoms with Gasteiger partial charge in [0.2, 0.25) is 0 Å². The van der Waals surface area contributed by atoms with Crippen LogP contribution in [0.3, 0.4) is 0 Å². The van der Waals surface area contributed by atoms with Crippen LogP contribution in [0.4, 0.5) is 17.2 Å².